The minimum absolute atomic E-state index is 0.0939. The number of rotatable bonds is 1. The second-order valence-electron chi connectivity index (χ2n) is 4.18. The van der Waals surface area contributed by atoms with E-state index in [9.17, 15) is 4.79 Å². The molecule has 4 nitrogen and oxygen atoms in total. The predicted molar refractivity (Wildman–Crippen MR) is 65.0 cm³/mol. The van der Waals surface area contributed by atoms with E-state index in [1.165, 1.54) is 0 Å². The van der Waals surface area contributed by atoms with Gasteiger partial charge < -0.3 is 14.6 Å². The first kappa shape index (κ1) is 10.4. The number of H-pyrrole nitrogens is 1. The Morgan fingerprint density at radius 1 is 1.24 bits per heavy atom. The fourth-order valence-corrected chi connectivity index (χ4v) is 2.14. The SMILES string of the molecule is O=C(c1ccc2[nH]ccc2c1)N1CCOCC1. The number of hydrogen-bond donors (Lipinski definition) is 1. The maximum Gasteiger partial charge on any atom is 0.254 e. The zero-order chi connectivity index (χ0) is 11.7. The van der Waals surface area contributed by atoms with E-state index in [1.54, 1.807) is 0 Å². The summed E-state index contributed by atoms with van der Waals surface area (Å²) in [6.45, 7) is 2.64. The van der Waals surface area contributed by atoms with Crippen molar-refractivity contribution in [3.63, 3.8) is 0 Å². The average molecular weight is 230 g/mol. The van der Waals surface area contributed by atoms with Crippen LogP contribution < -0.4 is 0 Å². The van der Waals surface area contributed by atoms with Gasteiger partial charge >= 0.3 is 0 Å². The van der Waals surface area contributed by atoms with Crippen LogP contribution in [0.15, 0.2) is 30.5 Å². The first-order chi connectivity index (χ1) is 8.34. The molecule has 4 heteroatoms. The van der Waals surface area contributed by atoms with Gasteiger partial charge in [-0.3, -0.25) is 4.79 Å². The highest BCUT2D eigenvalue weighted by Gasteiger charge is 2.18. The highest BCUT2D eigenvalue weighted by Crippen LogP contribution is 2.16. The van der Waals surface area contributed by atoms with E-state index in [4.69, 9.17) is 4.74 Å². The number of fused-ring (bicyclic) bond motifs is 1. The van der Waals surface area contributed by atoms with Crippen LogP contribution in [0.5, 0.6) is 0 Å². The van der Waals surface area contributed by atoms with Gasteiger partial charge in [0.15, 0.2) is 0 Å². The van der Waals surface area contributed by atoms with Crippen molar-refractivity contribution in [3.05, 3.63) is 36.0 Å². The van der Waals surface area contributed by atoms with Crippen LogP contribution in [-0.2, 0) is 4.74 Å². The van der Waals surface area contributed by atoms with Crippen molar-refractivity contribution in [1.29, 1.82) is 0 Å². The van der Waals surface area contributed by atoms with Gasteiger partial charge in [-0.2, -0.15) is 0 Å². The van der Waals surface area contributed by atoms with Gasteiger partial charge in [-0.15, -0.1) is 0 Å². The summed E-state index contributed by atoms with van der Waals surface area (Å²) in [6, 6.07) is 7.73. The standard InChI is InChI=1S/C13H14N2O2/c16-13(15-5-7-17-8-6-15)11-1-2-12-10(9-11)3-4-14-12/h1-4,9,14H,5-8H2. The fraction of sp³-hybridized carbons (Fsp3) is 0.308. The molecule has 0 atom stereocenters. The molecule has 17 heavy (non-hydrogen) atoms. The van der Waals surface area contributed by atoms with E-state index in [2.05, 4.69) is 4.98 Å². The van der Waals surface area contributed by atoms with Crippen molar-refractivity contribution in [2.24, 2.45) is 0 Å². The van der Waals surface area contributed by atoms with Gasteiger partial charge in [-0.05, 0) is 24.3 Å². The molecule has 1 N–H and O–H groups in total. The topological polar surface area (TPSA) is 45.3 Å². The second kappa shape index (κ2) is 4.22. The Hall–Kier alpha value is -1.81. The number of carbonyl (C=O) groups excluding carboxylic acids is 1. The molecule has 88 valence electrons. The number of aromatic amines is 1. The summed E-state index contributed by atoms with van der Waals surface area (Å²) in [5.41, 5.74) is 1.81. The molecule has 1 fully saturated rings. The Labute approximate surface area is 99.2 Å². The van der Waals surface area contributed by atoms with Crippen LogP contribution >= 0.6 is 0 Å². The van der Waals surface area contributed by atoms with Crippen LogP contribution in [0.3, 0.4) is 0 Å². The molecule has 1 aromatic heterocycles. The predicted octanol–water partition coefficient (Wildman–Crippen LogP) is 1.64. The van der Waals surface area contributed by atoms with Crippen LogP contribution in [-0.4, -0.2) is 42.1 Å². The molecule has 1 amide bonds. The fourth-order valence-electron chi connectivity index (χ4n) is 2.14. The third-order valence-electron chi connectivity index (χ3n) is 3.10. The van der Waals surface area contributed by atoms with Crippen molar-refractivity contribution >= 4 is 16.8 Å². The van der Waals surface area contributed by atoms with Gasteiger partial charge in [-0.25, -0.2) is 0 Å². The maximum absolute atomic E-state index is 12.2. The Morgan fingerprint density at radius 3 is 2.88 bits per heavy atom. The van der Waals surface area contributed by atoms with E-state index in [0.717, 1.165) is 16.5 Å². The highest BCUT2D eigenvalue weighted by molar-refractivity contribution is 5.98. The molecule has 0 bridgehead atoms. The van der Waals surface area contributed by atoms with E-state index in [1.807, 2.05) is 35.4 Å². The minimum atomic E-state index is 0.0939. The van der Waals surface area contributed by atoms with Crippen LogP contribution in [0.1, 0.15) is 10.4 Å². The number of benzene rings is 1. The highest BCUT2D eigenvalue weighted by atomic mass is 16.5. The molecule has 0 saturated carbocycles. The first-order valence-corrected chi connectivity index (χ1v) is 5.79. The lowest BCUT2D eigenvalue weighted by Gasteiger charge is -2.26. The number of amides is 1. The van der Waals surface area contributed by atoms with Crippen molar-refractivity contribution in [2.75, 3.05) is 26.3 Å². The normalized spacial score (nSPS) is 16.4. The summed E-state index contributed by atoms with van der Waals surface area (Å²) >= 11 is 0. The van der Waals surface area contributed by atoms with Crippen molar-refractivity contribution in [2.45, 2.75) is 0 Å². The lowest BCUT2D eigenvalue weighted by atomic mass is 10.1. The van der Waals surface area contributed by atoms with Crippen LogP contribution in [0.2, 0.25) is 0 Å². The molecule has 3 rings (SSSR count). The largest absolute Gasteiger partial charge is 0.378 e. The molecule has 0 unspecified atom stereocenters. The molecule has 0 radical (unpaired) electrons. The van der Waals surface area contributed by atoms with E-state index < -0.39 is 0 Å². The Morgan fingerprint density at radius 2 is 2.06 bits per heavy atom. The van der Waals surface area contributed by atoms with Crippen LogP contribution in [0.25, 0.3) is 10.9 Å². The summed E-state index contributed by atoms with van der Waals surface area (Å²) in [7, 11) is 0. The van der Waals surface area contributed by atoms with Crippen molar-refractivity contribution < 1.29 is 9.53 Å². The van der Waals surface area contributed by atoms with Gasteiger partial charge in [0.25, 0.3) is 5.91 Å². The molecular weight excluding hydrogens is 216 g/mol. The lowest BCUT2D eigenvalue weighted by Crippen LogP contribution is -2.40. The third-order valence-corrected chi connectivity index (χ3v) is 3.10. The molecule has 2 heterocycles. The van der Waals surface area contributed by atoms with Gasteiger partial charge in [0.05, 0.1) is 13.2 Å². The molecular formula is C13H14N2O2. The summed E-state index contributed by atoms with van der Waals surface area (Å²) in [4.78, 5) is 17.2. The van der Waals surface area contributed by atoms with Crippen LogP contribution in [0, 0.1) is 0 Å². The molecule has 2 aromatic rings. The monoisotopic (exact) mass is 230 g/mol. The number of nitrogens with zero attached hydrogens (tertiary/aromatic N) is 1. The Bertz CT molecular complexity index is 541. The zero-order valence-corrected chi connectivity index (χ0v) is 9.48. The third kappa shape index (κ3) is 1.91. The summed E-state index contributed by atoms with van der Waals surface area (Å²) in [5, 5.41) is 1.07. The van der Waals surface area contributed by atoms with Gasteiger partial charge in [-0.1, -0.05) is 0 Å². The molecule has 0 spiro atoms. The van der Waals surface area contributed by atoms with Gasteiger partial charge in [0, 0.05) is 35.8 Å². The first-order valence-electron chi connectivity index (χ1n) is 5.79. The number of ether oxygens (including phenoxy) is 1. The van der Waals surface area contributed by atoms with E-state index in [0.29, 0.717) is 26.3 Å². The van der Waals surface area contributed by atoms with Crippen molar-refractivity contribution in [1.82, 2.24) is 9.88 Å². The van der Waals surface area contributed by atoms with Gasteiger partial charge in [0.2, 0.25) is 0 Å². The molecule has 1 aliphatic rings. The lowest BCUT2D eigenvalue weighted by molar-refractivity contribution is 0.0303. The molecule has 1 aliphatic heterocycles. The average Bonchev–Trinajstić information content (AvgIpc) is 2.86. The number of carbonyl (C=O) groups is 1. The zero-order valence-electron chi connectivity index (χ0n) is 9.48. The van der Waals surface area contributed by atoms with Crippen molar-refractivity contribution in [3.8, 4) is 0 Å². The number of nitrogens with one attached hydrogen (secondary N) is 1. The second-order valence-corrected chi connectivity index (χ2v) is 4.18. The number of hydrogen-bond acceptors (Lipinski definition) is 2. The van der Waals surface area contributed by atoms with Crippen LogP contribution in [0.4, 0.5) is 0 Å². The van der Waals surface area contributed by atoms with E-state index >= 15 is 0 Å². The molecule has 1 aromatic carbocycles. The Balaban J connectivity index is 1.88. The summed E-state index contributed by atoms with van der Waals surface area (Å²) in [5.74, 6) is 0.0939. The number of aromatic nitrogens is 1. The summed E-state index contributed by atoms with van der Waals surface area (Å²) in [6.07, 6.45) is 1.88. The molecule has 1 saturated heterocycles. The maximum atomic E-state index is 12.2. The van der Waals surface area contributed by atoms with E-state index in [-0.39, 0.29) is 5.91 Å². The quantitative estimate of drug-likeness (QED) is 0.809. The number of morpholine rings is 1. The molecule has 0 aliphatic carbocycles. The smallest absolute Gasteiger partial charge is 0.254 e. The van der Waals surface area contributed by atoms with Gasteiger partial charge in [0.1, 0.15) is 0 Å². The summed E-state index contributed by atoms with van der Waals surface area (Å²) < 4.78 is 5.24. The Kier molecular flexibility index (Phi) is 2.57. The minimum Gasteiger partial charge on any atom is -0.378 e.